The fraction of sp³-hybridized carbons (Fsp3) is 0.778. The normalized spacial score (nSPS) is 13.6. The first kappa shape index (κ1) is 37.7. The minimum atomic E-state index is -0.987. The molecule has 9 N–H and O–H groups in total. The Morgan fingerprint density at radius 1 is 0.659 bits per heavy atom. The van der Waals surface area contributed by atoms with Gasteiger partial charge in [0.1, 0.15) is 24.2 Å². The molecule has 0 unspecified atom stereocenters. The van der Waals surface area contributed by atoms with E-state index < -0.39 is 53.8 Å². The Balaban J connectivity index is 5.38. The number of nitrogens with two attached hydrogens (primary N) is 2. The number of esters is 1. The number of carbonyl (C=O) groups is 6. The molecular weight excluding hydrogens is 534 g/mol. The molecule has 0 rings (SSSR count). The van der Waals surface area contributed by atoms with E-state index in [1.807, 2.05) is 6.92 Å². The van der Waals surface area contributed by atoms with Crippen LogP contribution in [0.5, 0.6) is 0 Å². The van der Waals surface area contributed by atoms with Gasteiger partial charge in [0.25, 0.3) is 0 Å². The molecule has 0 radical (unpaired) electrons. The van der Waals surface area contributed by atoms with Gasteiger partial charge >= 0.3 is 5.97 Å². The number of hydrogen-bond acceptors (Lipinski definition) is 9. The molecular formula is C27H51N7O7. The number of nitrogens with one attached hydrogen (secondary N) is 5. The van der Waals surface area contributed by atoms with Crippen LogP contribution in [0.1, 0.15) is 85.5 Å². The van der Waals surface area contributed by atoms with E-state index in [4.69, 9.17) is 16.2 Å². The van der Waals surface area contributed by atoms with Crippen LogP contribution < -0.4 is 38.1 Å². The maximum Gasteiger partial charge on any atom is 0.307 e. The van der Waals surface area contributed by atoms with Gasteiger partial charge in [0.05, 0.1) is 13.0 Å². The fourth-order valence-corrected chi connectivity index (χ4v) is 3.75. The van der Waals surface area contributed by atoms with E-state index in [1.54, 1.807) is 6.92 Å². The first-order valence-electron chi connectivity index (χ1n) is 14.5. The Morgan fingerprint density at radius 3 is 1.68 bits per heavy atom. The summed E-state index contributed by atoms with van der Waals surface area (Å²) in [5, 5.41) is 13.1. The van der Waals surface area contributed by atoms with Crippen molar-refractivity contribution in [2.45, 2.75) is 110 Å². The molecule has 0 aromatic heterocycles. The molecule has 0 aromatic carbocycles. The second-order valence-electron chi connectivity index (χ2n) is 9.81. The van der Waals surface area contributed by atoms with Crippen molar-refractivity contribution in [1.82, 2.24) is 26.6 Å². The summed E-state index contributed by atoms with van der Waals surface area (Å²) in [5.74, 6) is -2.88. The molecule has 0 aliphatic carbocycles. The predicted octanol–water partition coefficient (Wildman–Crippen LogP) is -0.907. The van der Waals surface area contributed by atoms with E-state index in [-0.39, 0.29) is 44.7 Å². The average Bonchev–Trinajstić information content (AvgIpc) is 2.91. The van der Waals surface area contributed by atoms with Gasteiger partial charge in [0, 0.05) is 13.0 Å². The molecule has 0 saturated heterocycles. The molecule has 14 heteroatoms. The molecule has 0 aliphatic heterocycles. The van der Waals surface area contributed by atoms with Gasteiger partial charge in [-0.25, -0.2) is 0 Å². The lowest BCUT2D eigenvalue weighted by molar-refractivity contribution is -0.143. The summed E-state index contributed by atoms with van der Waals surface area (Å²) in [7, 11) is 0. The van der Waals surface area contributed by atoms with Crippen molar-refractivity contribution >= 4 is 35.5 Å². The summed E-state index contributed by atoms with van der Waals surface area (Å²) < 4.78 is 4.82. The second-order valence-corrected chi connectivity index (χ2v) is 9.81. The minimum absolute atomic E-state index is 0.00379. The van der Waals surface area contributed by atoms with Crippen LogP contribution in [0.15, 0.2) is 0 Å². The second kappa shape index (κ2) is 22.4. The molecule has 0 heterocycles. The number of unbranched alkanes of at least 4 members (excludes halogenated alkanes) is 2. The van der Waals surface area contributed by atoms with E-state index >= 15 is 0 Å². The Bertz CT molecular complexity index is 841. The summed E-state index contributed by atoms with van der Waals surface area (Å²) in [4.78, 5) is 74.9. The lowest BCUT2D eigenvalue weighted by atomic mass is 10.0. The van der Waals surface area contributed by atoms with Gasteiger partial charge in [-0.3, -0.25) is 28.8 Å². The van der Waals surface area contributed by atoms with Gasteiger partial charge in [-0.15, -0.1) is 0 Å². The Kier molecular flexibility index (Phi) is 20.6. The molecule has 0 bridgehead atoms. The lowest BCUT2D eigenvalue weighted by Gasteiger charge is -2.25. The highest BCUT2D eigenvalue weighted by Crippen LogP contribution is 2.06. The molecule has 0 saturated carbocycles. The first-order chi connectivity index (χ1) is 19.5. The van der Waals surface area contributed by atoms with Crippen LogP contribution in [0.3, 0.4) is 0 Å². The largest absolute Gasteiger partial charge is 0.466 e. The third-order valence-corrected chi connectivity index (χ3v) is 6.09. The van der Waals surface area contributed by atoms with Crippen molar-refractivity contribution < 1.29 is 33.5 Å². The molecule has 0 spiro atoms. The molecule has 14 nitrogen and oxygen atoms in total. The maximum absolute atomic E-state index is 13.3. The zero-order valence-corrected chi connectivity index (χ0v) is 25.0. The fourth-order valence-electron chi connectivity index (χ4n) is 3.75. The molecule has 5 amide bonds. The Labute approximate surface area is 243 Å². The molecule has 41 heavy (non-hydrogen) atoms. The smallest absolute Gasteiger partial charge is 0.307 e. The SMILES string of the molecule is CCCC(=O)N[C@@H](C)C(=O)N[C@@H](CCCCN)C(=O)N[C@@H](CCCCN)C(=O)N[C@@H](C)C(=O)NCCC(=O)OCC. The van der Waals surface area contributed by atoms with E-state index in [2.05, 4.69) is 26.6 Å². The number of rotatable bonds is 22. The highest BCUT2D eigenvalue weighted by Gasteiger charge is 2.29. The van der Waals surface area contributed by atoms with Crippen molar-refractivity contribution in [3.63, 3.8) is 0 Å². The van der Waals surface area contributed by atoms with Gasteiger partial charge < -0.3 is 42.8 Å². The van der Waals surface area contributed by atoms with Gasteiger partial charge in [0.15, 0.2) is 0 Å². The highest BCUT2D eigenvalue weighted by molar-refractivity contribution is 5.95. The average molecular weight is 586 g/mol. The third-order valence-electron chi connectivity index (χ3n) is 6.09. The molecule has 4 atom stereocenters. The Morgan fingerprint density at radius 2 is 1.17 bits per heavy atom. The molecule has 0 aromatic rings. The van der Waals surface area contributed by atoms with E-state index in [0.717, 1.165) is 0 Å². The summed E-state index contributed by atoms with van der Waals surface area (Å²) in [5.41, 5.74) is 11.2. The number of ether oxygens (including phenoxy) is 1. The van der Waals surface area contributed by atoms with Crippen LogP contribution in [0.25, 0.3) is 0 Å². The molecule has 0 aliphatic rings. The number of amides is 5. The molecule has 236 valence electrons. The number of carbonyl (C=O) groups excluding carboxylic acids is 6. The monoisotopic (exact) mass is 585 g/mol. The van der Waals surface area contributed by atoms with Gasteiger partial charge in [-0.2, -0.15) is 0 Å². The van der Waals surface area contributed by atoms with Crippen LogP contribution in [0.2, 0.25) is 0 Å². The van der Waals surface area contributed by atoms with Crippen LogP contribution >= 0.6 is 0 Å². The summed E-state index contributed by atoms with van der Waals surface area (Å²) in [6.07, 6.45) is 3.79. The van der Waals surface area contributed by atoms with Crippen LogP contribution in [-0.4, -0.2) is 85.9 Å². The summed E-state index contributed by atoms with van der Waals surface area (Å²) >= 11 is 0. The quantitative estimate of drug-likeness (QED) is 0.0616. The topological polar surface area (TPSA) is 224 Å². The van der Waals surface area contributed by atoms with E-state index in [1.165, 1.54) is 13.8 Å². The van der Waals surface area contributed by atoms with Crippen LogP contribution in [0.4, 0.5) is 0 Å². The van der Waals surface area contributed by atoms with Gasteiger partial charge in [-0.1, -0.05) is 6.92 Å². The lowest BCUT2D eigenvalue weighted by Crippen LogP contribution is -2.57. The minimum Gasteiger partial charge on any atom is -0.466 e. The summed E-state index contributed by atoms with van der Waals surface area (Å²) in [6.45, 7) is 7.65. The Hall–Kier alpha value is -3.26. The van der Waals surface area contributed by atoms with Crippen molar-refractivity contribution in [3.8, 4) is 0 Å². The zero-order valence-electron chi connectivity index (χ0n) is 25.0. The van der Waals surface area contributed by atoms with Crippen molar-refractivity contribution in [2.75, 3.05) is 26.2 Å². The highest BCUT2D eigenvalue weighted by atomic mass is 16.5. The van der Waals surface area contributed by atoms with Gasteiger partial charge in [-0.05, 0) is 78.8 Å². The van der Waals surface area contributed by atoms with Crippen molar-refractivity contribution in [2.24, 2.45) is 11.5 Å². The van der Waals surface area contributed by atoms with E-state index in [9.17, 15) is 28.8 Å². The van der Waals surface area contributed by atoms with Crippen LogP contribution in [-0.2, 0) is 33.5 Å². The zero-order chi connectivity index (χ0) is 31.2. The van der Waals surface area contributed by atoms with Gasteiger partial charge in [0.2, 0.25) is 29.5 Å². The molecule has 0 fully saturated rings. The summed E-state index contributed by atoms with van der Waals surface area (Å²) in [6, 6.07) is -3.75. The third kappa shape index (κ3) is 17.2. The van der Waals surface area contributed by atoms with Crippen molar-refractivity contribution in [1.29, 1.82) is 0 Å². The van der Waals surface area contributed by atoms with Crippen molar-refractivity contribution in [3.05, 3.63) is 0 Å². The van der Waals surface area contributed by atoms with Crippen LogP contribution in [0, 0.1) is 0 Å². The van der Waals surface area contributed by atoms with E-state index in [0.29, 0.717) is 45.2 Å². The maximum atomic E-state index is 13.3. The number of hydrogen-bond donors (Lipinski definition) is 7. The predicted molar refractivity (Wildman–Crippen MR) is 154 cm³/mol. The first-order valence-corrected chi connectivity index (χ1v) is 14.5. The standard InChI is InChI=1S/C27H51N7O7/c1-5-11-22(35)31-19(4)25(38)33-21(13-8-10-16-29)27(40)34-20(12-7-9-15-28)26(39)32-18(3)24(37)30-17-14-23(36)41-6-2/h18-21H,5-17,28-29H2,1-4H3,(H,30,37)(H,31,35)(H,32,39)(H,33,38)(H,34,40)/t18-,19-,20-,21-/m0/s1.